The largest absolute Gasteiger partial charge is 0.481 e. The van der Waals surface area contributed by atoms with Gasteiger partial charge < -0.3 is 5.11 Å². The number of aliphatic carboxylic acids is 1. The average Bonchev–Trinajstić information content (AvgIpc) is 2.55. The predicted octanol–water partition coefficient (Wildman–Crippen LogP) is 5.26. The molecule has 25 heavy (non-hydrogen) atoms. The van der Waals surface area contributed by atoms with E-state index in [9.17, 15) is 9.90 Å². The van der Waals surface area contributed by atoms with Gasteiger partial charge in [-0.2, -0.15) is 9.78 Å². The number of carboxylic acids is 1. The van der Waals surface area contributed by atoms with Crippen LogP contribution in [0.5, 0.6) is 0 Å². The third kappa shape index (κ3) is 10.1. The fourth-order valence-electron chi connectivity index (χ4n) is 1.81. The Morgan fingerprint density at radius 1 is 0.880 bits per heavy atom. The molecule has 0 radical (unpaired) electrons. The minimum atomic E-state index is -1.31. The zero-order valence-electron chi connectivity index (χ0n) is 17.3. The molecule has 0 amide bonds. The fourth-order valence-corrected chi connectivity index (χ4v) is 1.81. The molecule has 0 aliphatic rings. The van der Waals surface area contributed by atoms with Gasteiger partial charge in [0.15, 0.2) is 0 Å². The SMILES string of the molecule is CCCCC(CC(C)(OOC(C)(C)CC)OOC(C)(C)CC)C(=O)O. The van der Waals surface area contributed by atoms with Gasteiger partial charge in [0.1, 0.15) is 0 Å². The number of hydrogen-bond donors (Lipinski definition) is 1. The van der Waals surface area contributed by atoms with E-state index in [1.54, 1.807) is 6.92 Å². The third-order valence-corrected chi connectivity index (χ3v) is 4.46. The number of carboxylic acid groups (broad SMARTS) is 1. The summed E-state index contributed by atoms with van der Waals surface area (Å²) in [6, 6.07) is 0. The van der Waals surface area contributed by atoms with Crippen LogP contribution in [-0.2, 0) is 24.3 Å². The lowest BCUT2D eigenvalue weighted by Crippen LogP contribution is -2.42. The van der Waals surface area contributed by atoms with E-state index in [2.05, 4.69) is 0 Å². The van der Waals surface area contributed by atoms with Gasteiger partial charge in [-0.05, 0) is 53.9 Å². The molecular weight excluding hydrogens is 324 g/mol. The van der Waals surface area contributed by atoms with Crippen molar-refractivity contribution in [3.8, 4) is 0 Å². The quantitative estimate of drug-likeness (QED) is 0.258. The number of unbranched alkanes of at least 4 members (excludes halogenated alkanes) is 1. The predicted molar refractivity (Wildman–Crippen MR) is 96.8 cm³/mol. The maximum atomic E-state index is 11.6. The monoisotopic (exact) mass is 362 g/mol. The molecule has 0 saturated heterocycles. The summed E-state index contributed by atoms with van der Waals surface area (Å²) in [4.78, 5) is 33.8. The maximum absolute atomic E-state index is 11.6. The van der Waals surface area contributed by atoms with Crippen molar-refractivity contribution in [2.75, 3.05) is 0 Å². The Kier molecular flexibility index (Phi) is 10.2. The van der Waals surface area contributed by atoms with Crippen molar-refractivity contribution < 1.29 is 29.5 Å². The van der Waals surface area contributed by atoms with Crippen molar-refractivity contribution in [3.63, 3.8) is 0 Å². The van der Waals surface area contributed by atoms with Crippen molar-refractivity contribution >= 4 is 5.97 Å². The molecule has 0 aromatic heterocycles. The van der Waals surface area contributed by atoms with Gasteiger partial charge in [-0.1, -0.05) is 33.6 Å². The van der Waals surface area contributed by atoms with Crippen molar-refractivity contribution in [2.24, 2.45) is 5.92 Å². The zero-order valence-corrected chi connectivity index (χ0v) is 17.3. The van der Waals surface area contributed by atoms with Crippen LogP contribution in [-0.4, -0.2) is 28.1 Å². The van der Waals surface area contributed by atoms with Crippen LogP contribution in [0, 0.1) is 5.92 Å². The lowest BCUT2D eigenvalue weighted by atomic mass is 9.94. The van der Waals surface area contributed by atoms with E-state index in [-0.39, 0.29) is 6.42 Å². The van der Waals surface area contributed by atoms with Gasteiger partial charge in [-0.25, -0.2) is 9.78 Å². The van der Waals surface area contributed by atoms with Crippen LogP contribution in [0.3, 0.4) is 0 Å². The van der Waals surface area contributed by atoms with E-state index in [1.165, 1.54) is 0 Å². The summed E-state index contributed by atoms with van der Waals surface area (Å²) in [5.74, 6) is -2.77. The molecule has 1 N–H and O–H groups in total. The van der Waals surface area contributed by atoms with Crippen molar-refractivity contribution in [1.29, 1.82) is 0 Å². The van der Waals surface area contributed by atoms with Gasteiger partial charge >= 0.3 is 5.97 Å². The third-order valence-electron chi connectivity index (χ3n) is 4.46. The molecular formula is C19H38O6. The minimum absolute atomic E-state index is 0.141. The lowest BCUT2D eigenvalue weighted by Gasteiger charge is -2.35. The van der Waals surface area contributed by atoms with Crippen LogP contribution < -0.4 is 0 Å². The van der Waals surface area contributed by atoms with Crippen LogP contribution in [0.15, 0.2) is 0 Å². The van der Waals surface area contributed by atoms with Gasteiger partial charge in [0.05, 0.1) is 17.1 Å². The second-order valence-electron chi connectivity index (χ2n) is 8.08. The first kappa shape index (κ1) is 24.3. The molecule has 1 unspecified atom stereocenters. The van der Waals surface area contributed by atoms with Gasteiger partial charge in [0.25, 0.3) is 0 Å². The van der Waals surface area contributed by atoms with E-state index in [1.807, 2.05) is 48.5 Å². The summed E-state index contributed by atoms with van der Waals surface area (Å²) in [5.41, 5.74) is -1.01. The molecule has 0 saturated carbocycles. The standard InChI is InChI=1S/C19H38O6/c1-9-12-13-15(16(20)21)14-19(8,24-22-17(4,5)10-2)25-23-18(6,7)11-3/h15H,9-14H2,1-8H3,(H,20,21). The summed E-state index contributed by atoms with van der Waals surface area (Å²) in [5, 5.41) is 9.52. The molecule has 150 valence electrons. The Bertz CT molecular complexity index is 371. The van der Waals surface area contributed by atoms with E-state index in [0.29, 0.717) is 6.42 Å². The molecule has 1 atom stereocenters. The van der Waals surface area contributed by atoms with Crippen LogP contribution >= 0.6 is 0 Å². The minimum Gasteiger partial charge on any atom is -0.481 e. The van der Waals surface area contributed by atoms with E-state index < -0.39 is 28.9 Å². The van der Waals surface area contributed by atoms with Crippen LogP contribution in [0.4, 0.5) is 0 Å². The first-order chi connectivity index (χ1) is 11.4. The molecule has 0 spiro atoms. The van der Waals surface area contributed by atoms with Gasteiger partial charge in [-0.3, -0.25) is 4.79 Å². The Morgan fingerprint density at radius 2 is 1.32 bits per heavy atom. The molecule has 6 heteroatoms. The molecule has 6 nitrogen and oxygen atoms in total. The Morgan fingerprint density at radius 3 is 1.64 bits per heavy atom. The van der Waals surface area contributed by atoms with E-state index in [0.717, 1.165) is 25.7 Å². The Hall–Kier alpha value is -0.690. The highest BCUT2D eigenvalue weighted by Crippen LogP contribution is 2.31. The van der Waals surface area contributed by atoms with Crippen LogP contribution in [0.25, 0.3) is 0 Å². The van der Waals surface area contributed by atoms with Crippen LogP contribution in [0.1, 0.15) is 93.9 Å². The van der Waals surface area contributed by atoms with Gasteiger partial charge in [0, 0.05) is 6.42 Å². The molecule has 0 aromatic rings. The molecule has 0 heterocycles. The second kappa shape index (κ2) is 10.5. The fraction of sp³-hybridized carbons (Fsp3) is 0.947. The topological polar surface area (TPSA) is 74.2 Å². The molecule has 0 aromatic carbocycles. The lowest BCUT2D eigenvalue weighted by molar-refractivity contribution is -0.541. The average molecular weight is 363 g/mol. The highest BCUT2D eigenvalue weighted by molar-refractivity contribution is 5.70. The molecule has 0 fully saturated rings. The first-order valence-electron chi connectivity index (χ1n) is 9.36. The summed E-state index contributed by atoms with van der Waals surface area (Å²) in [6.45, 7) is 15.3. The van der Waals surface area contributed by atoms with Crippen molar-refractivity contribution in [3.05, 3.63) is 0 Å². The second-order valence-corrected chi connectivity index (χ2v) is 8.08. The van der Waals surface area contributed by atoms with Crippen LogP contribution in [0.2, 0.25) is 0 Å². The highest BCUT2D eigenvalue weighted by atomic mass is 17.3. The molecule has 0 bridgehead atoms. The smallest absolute Gasteiger partial charge is 0.306 e. The first-order valence-corrected chi connectivity index (χ1v) is 9.36. The molecule has 0 rings (SSSR count). The van der Waals surface area contributed by atoms with E-state index >= 15 is 0 Å². The highest BCUT2D eigenvalue weighted by Gasteiger charge is 2.39. The molecule has 0 aliphatic carbocycles. The summed E-state index contributed by atoms with van der Waals surface area (Å²) in [6.07, 6.45) is 3.94. The zero-order chi connectivity index (χ0) is 19.7. The molecule has 0 aliphatic heterocycles. The van der Waals surface area contributed by atoms with Gasteiger partial charge in [-0.15, -0.1) is 0 Å². The Balaban J connectivity index is 5.16. The maximum Gasteiger partial charge on any atom is 0.306 e. The number of hydrogen-bond acceptors (Lipinski definition) is 5. The Labute approximate surface area is 153 Å². The number of carbonyl (C=O) groups is 1. The summed E-state index contributed by atoms with van der Waals surface area (Å²) >= 11 is 0. The normalized spacial score (nSPS) is 14.6. The summed E-state index contributed by atoms with van der Waals surface area (Å²) < 4.78 is 0. The van der Waals surface area contributed by atoms with Gasteiger partial charge in [0.2, 0.25) is 5.79 Å². The van der Waals surface area contributed by atoms with E-state index in [4.69, 9.17) is 19.6 Å². The van der Waals surface area contributed by atoms with Crippen molar-refractivity contribution in [1.82, 2.24) is 0 Å². The number of rotatable bonds is 14. The summed E-state index contributed by atoms with van der Waals surface area (Å²) in [7, 11) is 0. The van der Waals surface area contributed by atoms with Crippen molar-refractivity contribution in [2.45, 2.75) is 111 Å².